The number of piperidine rings is 1. The Hall–Kier alpha value is -3.13. The molecule has 3 aromatic rings. The highest BCUT2D eigenvalue weighted by molar-refractivity contribution is 5.95. The quantitative estimate of drug-likeness (QED) is 0.517. The predicted molar refractivity (Wildman–Crippen MR) is 111 cm³/mol. The van der Waals surface area contributed by atoms with Crippen LogP contribution in [0.3, 0.4) is 0 Å². The number of oxazole rings is 1. The molecule has 4 rings (SSSR count). The zero-order chi connectivity index (χ0) is 20.9. The smallest absolute Gasteiger partial charge is 0.328 e. The predicted octanol–water partition coefficient (Wildman–Crippen LogP) is 2.53. The first kappa shape index (κ1) is 20.2. The van der Waals surface area contributed by atoms with E-state index in [1.807, 2.05) is 30.5 Å². The lowest BCUT2D eigenvalue weighted by atomic mass is 10.00. The van der Waals surface area contributed by atoms with Gasteiger partial charge in [-0.1, -0.05) is 18.2 Å². The first-order chi connectivity index (χ1) is 14.7. The number of fused-ring (bicyclic) bond motifs is 1. The Kier molecular flexibility index (Phi) is 6.13. The van der Waals surface area contributed by atoms with Gasteiger partial charge in [0.25, 0.3) is 5.91 Å². The Morgan fingerprint density at radius 3 is 3.03 bits per heavy atom. The summed E-state index contributed by atoms with van der Waals surface area (Å²) in [7, 11) is 0. The lowest BCUT2D eigenvalue weighted by Gasteiger charge is -2.19. The maximum atomic E-state index is 12.8. The molecule has 1 aliphatic rings. The van der Waals surface area contributed by atoms with Crippen molar-refractivity contribution < 1.29 is 18.7 Å². The van der Waals surface area contributed by atoms with Crippen LogP contribution in [-0.2, 0) is 16.0 Å². The van der Waals surface area contributed by atoms with E-state index in [1.54, 1.807) is 6.92 Å². The highest BCUT2D eigenvalue weighted by Crippen LogP contribution is 2.23. The van der Waals surface area contributed by atoms with E-state index in [9.17, 15) is 9.59 Å². The number of amides is 1. The van der Waals surface area contributed by atoms with Gasteiger partial charge in [-0.25, -0.2) is 9.78 Å². The Morgan fingerprint density at radius 1 is 1.37 bits per heavy atom. The Labute approximate surface area is 174 Å². The van der Waals surface area contributed by atoms with E-state index < -0.39 is 17.9 Å². The molecule has 8 nitrogen and oxygen atoms in total. The highest BCUT2D eigenvalue weighted by Gasteiger charge is 2.27. The number of benzene rings is 1. The SMILES string of the molecule is CCOC(=O)C(Cc1c[nH]c2ccccc12)NC(=O)c1coc(C2CCCNC2)n1. The summed E-state index contributed by atoms with van der Waals surface area (Å²) in [5, 5.41) is 7.09. The molecule has 8 heteroatoms. The summed E-state index contributed by atoms with van der Waals surface area (Å²) in [6.45, 7) is 3.75. The molecular formula is C22H26N4O4. The summed E-state index contributed by atoms with van der Waals surface area (Å²) < 4.78 is 10.7. The number of nitrogens with one attached hydrogen (secondary N) is 3. The van der Waals surface area contributed by atoms with Crippen LogP contribution in [0.25, 0.3) is 10.9 Å². The largest absolute Gasteiger partial charge is 0.464 e. The summed E-state index contributed by atoms with van der Waals surface area (Å²) in [6, 6.07) is 7.00. The molecule has 1 aliphatic heterocycles. The molecule has 0 aliphatic carbocycles. The van der Waals surface area contributed by atoms with Crippen LogP contribution in [0.4, 0.5) is 0 Å². The zero-order valence-electron chi connectivity index (χ0n) is 16.9. The second-order valence-corrected chi connectivity index (χ2v) is 7.46. The molecule has 0 bridgehead atoms. The minimum atomic E-state index is -0.826. The van der Waals surface area contributed by atoms with Gasteiger partial charge in [-0.15, -0.1) is 0 Å². The van der Waals surface area contributed by atoms with Gasteiger partial charge in [0.2, 0.25) is 0 Å². The molecule has 0 spiro atoms. The zero-order valence-corrected chi connectivity index (χ0v) is 16.9. The average molecular weight is 410 g/mol. The van der Waals surface area contributed by atoms with Crippen LogP contribution in [0.15, 0.2) is 41.1 Å². The van der Waals surface area contributed by atoms with Crippen molar-refractivity contribution in [1.82, 2.24) is 20.6 Å². The lowest BCUT2D eigenvalue weighted by molar-refractivity contribution is -0.145. The maximum Gasteiger partial charge on any atom is 0.328 e. The van der Waals surface area contributed by atoms with Gasteiger partial charge in [-0.3, -0.25) is 4.79 Å². The third-order valence-corrected chi connectivity index (χ3v) is 5.38. The van der Waals surface area contributed by atoms with Crippen molar-refractivity contribution in [1.29, 1.82) is 0 Å². The van der Waals surface area contributed by atoms with E-state index in [0.717, 1.165) is 42.4 Å². The van der Waals surface area contributed by atoms with Gasteiger partial charge in [0.05, 0.1) is 6.61 Å². The van der Waals surface area contributed by atoms with Crippen molar-refractivity contribution >= 4 is 22.8 Å². The van der Waals surface area contributed by atoms with E-state index in [4.69, 9.17) is 9.15 Å². The fourth-order valence-electron chi connectivity index (χ4n) is 3.83. The van der Waals surface area contributed by atoms with E-state index in [2.05, 4.69) is 20.6 Å². The molecule has 0 saturated carbocycles. The summed E-state index contributed by atoms with van der Waals surface area (Å²) in [4.78, 5) is 32.9. The second kappa shape index (κ2) is 9.13. The van der Waals surface area contributed by atoms with Gasteiger partial charge >= 0.3 is 5.97 Å². The molecule has 3 N–H and O–H groups in total. The third-order valence-electron chi connectivity index (χ3n) is 5.38. The molecular weight excluding hydrogens is 384 g/mol. The number of ether oxygens (including phenoxy) is 1. The summed E-state index contributed by atoms with van der Waals surface area (Å²) >= 11 is 0. The lowest BCUT2D eigenvalue weighted by Crippen LogP contribution is -2.43. The van der Waals surface area contributed by atoms with Crippen LogP contribution in [0.5, 0.6) is 0 Å². The van der Waals surface area contributed by atoms with Crippen LogP contribution in [0, 0.1) is 0 Å². The highest BCUT2D eigenvalue weighted by atomic mass is 16.5. The van der Waals surface area contributed by atoms with Crippen molar-refractivity contribution in [3.8, 4) is 0 Å². The van der Waals surface area contributed by atoms with Crippen LogP contribution in [0.2, 0.25) is 0 Å². The number of rotatable bonds is 7. The Balaban J connectivity index is 1.49. The summed E-state index contributed by atoms with van der Waals surface area (Å²) in [6.07, 6.45) is 5.54. The normalized spacial score (nSPS) is 17.6. The van der Waals surface area contributed by atoms with Crippen molar-refractivity contribution in [2.75, 3.05) is 19.7 Å². The number of esters is 1. The molecule has 3 heterocycles. The fraction of sp³-hybridized carbons (Fsp3) is 0.409. The number of hydrogen-bond acceptors (Lipinski definition) is 6. The molecule has 1 saturated heterocycles. The van der Waals surface area contributed by atoms with Gasteiger partial charge in [-0.05, 0) is 37.9 Å². The molecule has 158 valence electrons. The molecule has 1 aromatic carbocycles. The maximum absolute atomic E-state index is 12.8. The minimum Gasteiger partial charge on any atom is -0.464 e. The van der Waals surface area contributed by atoms with E-state index >= 15 is 0 Å². The van der Waals surface area contributed by atoms with Gasteiger partial charge in [0.1, 0.15) is 12.3 Å². The van der Waals surface area contributed by atoms with Crippen LogP contribution in [-0.4, -0.2) is 47.6 Å². The Morgan fingerprint density at radius 2 is 2.23 bits per heavy atom. The van der Waals surface area contributed by atoms with Crippen molar-refractivity contribution in [2.45, 2.75) is 38.1 Å². The average Bonchev–Trinajstić information content (AvgIpc) is 3.42. The molecule has 1 fully saturated rings. The number of aromatic amines is 1. The first-order valence-electron chi connectivity index (χ1n) is 10.3. The topological polar surface area (TPSA) is 109 Å². The minimum absolute atomic E-state index is 0.160. The third kappa shape index (κ3) is 4.38. The van der Waals surface area contributed by atoms with Gasteiger partial charge in [0.15, 0.2) is 11.6 Å². The van der Waals surface area contributed by atoms with Crippen molar-refractivity contribution in [3.63, 3.8) is 0 Å². The van der Waals surface area contributed by atoms with E-state index in [0.29, 0.717) is 12.3 Å². The number of hydrogen-bond donors (Lipinski definition) is 3. The second-order valence-electron chi connectivity index (χ2n) is 7.46. The van der Waals surface area contributed by atoms with Crippen LogP contribution >= 0.6 is 0 Å². The molecule has 2 atom stereocenters. The number of para-hydroxylation sites is 1. The van der Waals surface area contributed by atoms with E-state index in [1.165, 1.54) is 6.26 Å². The monoisotopic (exact) mass is 410 g/mol. The van der Waals surface area contributed by atoms with Gasteiger partial charge in [0, 0.05) is 36.0 Å². The molecule has 30 heavy (non-hydrogen) atoms. The molecule has 2 aromatic heterocycles. The van der Waals surface area contributed by atoms with Crippen LogP contribution < -0.4 is 10.6 Å². The van der Waals surface area contributed by atoms with Gasteiger partial charge in [-0.2, -0.15) is 0 Å². The number of nitrogens with zero attached hydrogens (tertiary/aromatic N) is 1. The molecule has 0 radical (unpaired) electrons. The molecule has 1 amide bonds. The van der Waals surface area contributed by atoms with Crippen LogP contribution in [0.1, 0.15) is 47.6 Å². The standard InChI is InChI=1S/C22H26N4O4/c1-2-29-22(28)18(10-15-12-24-17-8-4-3-7-16(15)17)25-20(27)19-13-30-21(26-19)14-6-5-9-23-11-14/h3-4,7-8,12-14,18,23-24H,2,5-6,9-11H2,1H3,(H,25,27). The number of carbonyl (C=O) groups is 2. The molecule has 2 unspecified atom stereocenters. The van der Waals surface area contributed by atoms with E-state index in [-0.39, 0.29) is 18.2 Å². The summed E-state index contributed by atoms with van der Waals surface area (Å²) in [5.41, 5.74) is 2.07. The van der Waals surface area contributed by atoms with Gasteiger partial charge < -0.3 is 24.8 Å². The summed E-state index contributed by atoms with van der Waals surface area (Å²) in [5.74, 6) is -0.216. The Bertz CT molecular complexity index is 1020. The number of aromatic nitrogens is 2. The first-order valence-corrected chi connectivity index (χ1v) is 10.3. The number of H-pyrrole nitrogens is 1. The fourth-order valence-corrected chi connectivity index (χ4v) is 3.83. The van der Waals surface area contributed by atoms with Crippen molar-refractivity contribution in [3.05, 3.63) is 53.9 Å². The van der Waals surface area contributed by atoms with Crippen molar-refractivity contribution in [2.24, 2.45) is 0 Å². The number of carbonyl (C=O) groups excluding carboxylic acids is 2.